The van der Waals surface area contributed by atoms with Crippen LogP contribution in [0.2, 0.25) is 0 Å². The quantitative estimate of drug-likeness (QED) is 0.508. The number of hydrogen-bond donors (Lipinski definition) is 3. The average molecular weight is 205 g/mol. The van der Waals surface area contributed by atoms with Gasteiger partial charge < -0.3 is 15.3 Å². The lowest BCUT2D eigenvalue weighted by Crippen LogP contribution is -2.45. The van der Waals surface area contributed by atoms with Gasteiger partial charge in [0.05, 0.1) is 19.8 Å². The first-order valence-electron chi connectivity index (χ1n) is 5.27. The molecule has 86 valence electrons. The van der Waals surface area contributed by atoms with Gasteiger partial charge in [0, 0.05) is 19.1 Å². The van der Waals surface area contributed by atoms with Crippen molar-refractivity contribution in [3.05, 3.63) is 0 Å². The summed E-state index contributed by atoms with van der Waals surface area (Å²) in [5, 5.41) is 27.0. The van der Waals surface area contributed by atoms with Crippen molar-refractivity contribution in [3.8, 4) is 0 Å². The molecule has 4 heteroatoms. The zero-order valence-electron chi connectivity index (χ0n) is 9.19. The minimum Gasteiger partial charge on any atom is -0.395 e. The molecule has 2 unspecified atom stereocenters. The third kappa shape index (κ3) is 4.37. The van der Waals surface area contributed by atoms with Crippen LogP contribution in [0.5, 0.6) is 0 Å². The molecule has 0 saturated heterocycles. The van der Waals surface area contributed by atoms with E-state index in [0.717, 1.165) is 6.42 Å². The summed E-state index contributed by atoms with van der Waals surface area (Å²) in [6, 6.07) is 0.0410. The zero-order chi connectivity index (χ0) is 11.0. The van der Waals surface area contributed by atoms with Gasteiger partial charge in [-0.2, -0.15) is 0 Å². The minimum absolute atomic E-state index is 0.0410. The molecule has 4 nitrogen and oxygen atoms in total. The van der Waals surface area contributed by atoms with Gasteiger partial charge in [0.1, 0.15) is 0 Å². The standard InChI is InChI=1S/C10H23NO3/c1-3-9(2)10(8-14)11(4-6-12)5-7-13/h9-10,12-14H,3-8H2,1-2H3. The molecule has 2 atom stereocenters. The first-order chi connectivity index (χ1) is 6.71. The van der Waals surface area contributed by atoms with Crippen LogP contribution < -0.4 is 0 Å². The largest absolute Gasteiger partial charge is 0.395 e. The Bertz CT molecular complexity index is 127. The number of rotatable bonds is 8. The molecule has 0 aliphatic heterocycles. The van der Waals surface area contributed by atoms with Crippen LogP contribution in [0.3, 0.4) is 0 Å². The summed E-state index contributed by atoms with van der Waals surface area (Å²) in [7, 11) is 0. The third-order valence-corrected chi connectivity index (χ3v) is 2.73. The Balaban J connectivity index is 4.24. The van der Waals surface area contributed by atoms with Crippen LogP contribution in [-0.2, 0) is 0 Å². The van der Waals surface area contributed by atoms with Crippen molar-refractivity contribution >= 4 is 0 Å². The van der Waals surface area contributed by atoms with E-state index < -0.39 is 0 Å². The molecule has 0 amide bonds. The lowest BCUT2D eigenvalue weighted by atomic mass is 9.98. The second kappa shape index (κ2) is 8.17. The minimum atomic E-state index is 0.0410. The molecule has 0 aromatic carbocycles. The normalized spacial score (nSPS) is 15.9. The first-order valence-corrected chi connectivity index (χ1v) is 5.27. The van der Waals surface area contributed by atoms with E-state index >= 15 is 0 Å². The summed E-state index contributed by atoms with van der Waals surface area (Å²) in [5.41, 5.74) is 0. The highest BCUT2D eigenvalue weighted by Crippen LogP contribution is 2.13. The van der Waals surface area contributed by atoms with Crippen molar-refractivity contribution < 1.29 is 15.3 Å². The molecular formula is C10H23NO3. The smallest absolute Gasteiger partial charge is 0.0589 e. The summed E-state index contributed by atoms with van der Waals surface area (Å²) in [4.78, 5) is 1.94. The lowest BCUT2D eigenvalue weighted by Gasteiger charge is -2.33. The van der Waals surface area contributed by atoms with Crippen molar-refractivity contribution in [2.45, 2.75) is 26.3 Å². The second-order valence-electron chi connectivity index (χ2n) is 3.62. The molecule has 0 heterocycles. The van der Waals surface area contributed by atoms with E-state index in [2.05, 4.69) is 13.8 Å². The first kappa shape index (κ1) is 13.8. The van der Waals surface area contributed by atoms with Crippen LogP contribution in [0, 0.1) is 5.92 Å². The van der Waals surface area contributed by atoms with Gasteiger partial charge in [-0.1, -0.05) is 20.3 Å². The van der Waals surface area contributed by atoms with Crippen LogP contribution in [0.25, 0.3) is 0 Å². The molecule has 0 spiro atoms. The molecule has 14 heavy (non-hydrogen) atoms. The fraction of sp³-hybridized carbons (Fsp3) is 1.00. The maximum Gasteiger partial charge on any atom is 0.0589 e. The van der Waals surface area contributed by atoms with Gasteiger partial charge in [-0.15, -0.1) is 0 Å². The number of nitrogens with zero attached hydrogens (tertiary/aromatic N) is 1. The van der Waals surface area contributed by atoms with Crippen LogP contribution >= 0.6 is 0 Å². The lowest BCUT2D eigenvalue weighted by molar-refractivity contribution is 0.0554. The highest BCUT2D eigenvalue weighted by Gasteiger charge is 2.21. The summed E-state index contributed by atoms with van der Waals surface area (Å²) in [5.74, 6) is 0.373. The van der Waals surface area contributed by atoms with Crippen LogP contribution in [0.4, 0.5) is 0 Å². The molecular weight excluding hydrogens is 182 g/mol. The summed E-state index contributed by atoms with van der Waals surface area (Å²) in [6.45, 7) is 5.37. The van der Waals surface area contributed by atoms with E-state index in [1.54, 1.807) is 0 Å². The fourth-order valence-corrected chi connectivity index (χ4v) is 1.63. The van der Waals surface area contributed by atoms with Gasteiger partial charge in [0.25, 0.3) is 0 Å². The maximum atomic E-state index is 9.25. The molecule has 0 aromatic rings. The number of aliphatic hydroxyl groups is 3. The Morgan fingerprint density at radius 3 is 1.86 bits per heavy atom. The Morgan fingerprint density at radius 1 is 1.07 bits per heavy atom. The van der Waals surface area contributed by atoms with E-state index in [4.69, 9.17) is 10.2 Å². The van der Waals surface area contributed by atoms with Gasteiger partial charge >= 0.3 is 0 Å². The van der Waals surface area contributed by atoms with Crippen molar-refractivity contribution in [1.82, 2.24) is 4.90 Å². The fourth-order valence-electron chi connectivity index (χ4n) is 1.63. The molecule has 0 aliphatic carbocycles. The summed E-state index contributed by atoms with van der Waals surface area (Å²) < 4.78 is 0. The van der Waals surface area contributed by atoms with Gasteiger partial charge in [0.2, 0.25) is 0 Å². The molecule has 0 saturated carbocycles. The zero-order valence-corrected chi connectivity index (χ0v) is 9.19. The van der Waals surface area contributed by atoms with Crippen LogP contribution in [-0.4, -0.2) is 59.2 Å². The summed E-state index contributed by atoms with van der Waals surface area (Å²) in [6.07, 6.45) is 0.985. The Hall–Kier alpha value is -0.160. The topological polar surface area (TPSA) is 63.9 Å². The van der Waals surface area contributed by atoms with Gasteiger partial charge in [-0.25, -0.2) is 0 Å². The predicted octanol–water partition coefficient (Wildman–Crippen LogP) is -0.320. The predicted molar refractivity (Wildman–Crippen MR) is 56.1 cm³/mol. The van der Waals surface area contributed by atoms with Crippen molar-refractivity contribution in [2.75, 3.05) is 32.9 Å². The van der Waals surface area contributed by atoms with Crippen molar-refractivity contribution in [3.63, 3.8) is 0 Å². The molecule has 0 aromatic heterocycles. The Labute approximate surface area is 86.2 Å². The van der Waals surface area contributed by atoms with E-state index in [9.17, 15) is 5.11 Å². The molecule has 0 rings (SSSR count). The van der Waals surface area contributed by atoms with Crippen molar-refractivity contribution in [2.24, 2.45) is 5.92 Å². The van der Waals surface area contributed by atoms with Crippen LogP contribution in [0.15, 0.2) is 0 Å². The molecule has 0 bridgehead atoms. The highest BCUT2D eigenvalue weighted by atomic mass is 16.3. The Morgan fingerprint density at radius 2 is 1.57 bits per heavy atom. The SMILES string of the molecule is CCC(C)C(CO)N(CCO)CCO. The van der Waals surface area contributed by atoms with Crippen molar-refractivity contribution in [1.29, 1.82) is 0 Å². The second-order valence-corrected chi connectivity index (χ2v) is 3.62. The molecule has 0 aliphatic rings. The number of aliphatic hydroxyl groups excluding tert-OH is 3. The monoisotopic (exact) mass is 205 g/mol. The number of hydrogen-bond acceptors (Lipinski definition) is 4. The highest BCUT2D eigenvalue weighted by molar-refractivity contribution is 4.75. The van der Waals surface area contributed by atoms with E-state index in [1.165, 1.54) is 0 Å². The van der Waals surface area contributed by atoms with Crippen LogP contribution in [0.1, 0.15) is 20.3 Å². The van der Waals surface area contributed by atoms with Gasteiger partial charge in [-0.05, 0) is 5.92 Å². The molecule has 3 N–H and O–H groups in total. The molecule has 0 fully saturated rings. The Kier molecular flexibility index (Phi) is 8.08. The van der Waals surface area contributed by atoms with E-state index in [-0.39, 0.29) is 25.9 Å². The van der Waals surface area contributed by atoms with Gasteiger partial charge in [0.15, 0.2) is 0 Å². The molecule has 0 radical (unpaired) electrons. The van der Waals surface area contributed by atoms with Gasteiger partial charge in [-0.3, -0.25) is 4.90 Å². The third-order valence-electron chi connectivity index (χ3n) is 2.73. The van der Waals surface area contributed by atoms with E-state index in [1.807, 2.05) is 4.90 Å². The van der Waals surface area contributed by atoms with E-state index in [0.29, 0.717) is 19.0 Å². The summed E-state index contributed by atoms with van der Waals surface area (Å²) >= 11 is 0. The maximum absolute atomic E-state index is 9.25. The average Bonchev–Trinajstić information content (AvgIpc) is 2.19.